The van der Waals surface area contributed by atoms with Gasteiger partial charge in [-0.25, -0.2) is 4.79 Å². The van der Waals surface area contributed by atoms with E-state index in [4.69, 9.17) is 16.7 Å². The first-order valence-electron chi connectivity index (χ1n) is 5.84. The van der Waals surface area contributed by atoms with Gasteiger partial charge in [0.1, 0.15) is 5.60 Å². The number of likely N-dealkylation sites (tertiary alicyclic amines) is 1. The molecule has 1 heterocycles. The van der Waals surface area contributed by atoms with Crippen LogP contribution in [0.1, 0.15) is 33.6 Å². The zero-order valence-corrected chi connectivity index (χ0v) is 11.0. The Morgan fingerprint density at radius 2 is 2.33 bits per heavy atom. The van der Waals surface area contributed by atoms with Gasteiger partial charge in [-0.05, 0) is 32.7 Å². The van der Waals surface area contributed by atoms with E-state index in [-0.39, 0.29) is 12.1 Å². The number of nitrogens with zero attached hydrogens (tertiary/aromatic N) is 4. The number of hydrogen-bond acceptors (Lipinski definition) is 3. The maximum absolute atomic E-state index is 12.0. The van der Waals surface area contributed by atoms with Crippen LogP contribution < -0.4 is 0 Å². The van der Waals surface area contributed by atoms with Crippen molar-refractivity contribution >= 4 is 6.09 Å². The second-order valence-electron chi connectivity index (χ2n) is 5.29. The molecule has 0 saturated carbocycles. The molecule has 6 heteroatoms. The summed E-state index contributed by atoms with van der Waals surface area (Å²) in [6.07, 6.45) is 5.91. The lowest BCUT2D eigenvalue weighted by molar-refractivity contribution is 0.0228. The van der Waals surface area contributed by atoms with Crippen LogP contribution in [0.2, 0.25) is 0 Å². The minimum Gasteiger partial charge on any atom is -0.444 e. The molecule has 98 valence electrons. The van der Waals surface area contributed by atoms with Crippen LogP contribution in [0.5, 0.6) is 0 Å². The number of azide groups is 1. The molecule has 6 nitrogen and oxygen atoms in total. The average molecular weight is 250 g/mol. The van der Waals surface area contributed by atoms with Crippen LogP contribution >= 0.6 is 0 Å². The molecule has 1 rings (SSSR count). The van der Waals surface area contributed by atoms with Gasteiger partial charge in [-0.2, -0.15) is 0 Å². The lowest BCUT2D eigenvalue weighted by Gasteiger charge is -2.27. The van der Waals surface area contributed by atoms with Crippen LogP contribution in [0.25, 0.3) is 10.4 Å². The van der Waals surface area contributed by atoms with Crippen molar-refractivity contribution in [3.05, 3.63) is 10.4 Å². The minimum atomic E-state index is -0.547. The van der Waals surface area contributed by atoms with Crippen molar-refractivity contribution in [2.24, 2.45) is 5.11 Å². The largest absolute Gasteiger partial charge is 0.444 e. The first kappa shape index (κ1) is 14.2. The topological polar surface area (TPSA) is 78.3 Å². The van der Waals surface area contributed by atoms with E-state index in [1.165, 1.54) is 0 Å². The lowest BCUT2D eigenvalue weighted by atomic mass is 10.1. The third kappa shape index (κ3) is 3.86. The molecule has 0 N–H and O–H groups in total. The molecule has 1 fully saturated rings. The number of terminal acetylenes is 1. The molecule has 0 aromatic heterocycles. The van der Waals surface area contributed by atoms with Gasteiger partial charge in [-0.1, -0.05) is 5.11 Å². The quantitative estimate of drug-likeness (QED) is 0.327. The van der Waals surface area contributed by atoms with Gasteiger partial charge in [0, 0.05) is 23.9 Å². The summed E-state index contributed by atoms with van der Waals surface area (Å²) in [7, 11) is 0. The summed E-state index contributed by atoms with van der Waals surface area (Å²) >= 11 is 0. The van der Waals surface area contributed by atoms with Crippen molar-refractivity contribution in [3.63, 3.8) is 0 Å². The summed E-state index contributed by atoms with van der Waals surface area (Å²) < 4.78 is 5.31. The van der Waals surface area contributed by atoms with E-state index in [1.54, 1.807) is 4.90 Å². The molecule has 0 bridgehead atoms. The second-order valence-corrected chi connectivity index (χ2v) is 5.29. The maximum atomic E-state index is 12.0. The predicted octanol–water partition coefficient (Wildman–Crippen LogP) is 2.70. The number of amides is 1. The van der Waals surface area contributed by atoms with E-state index >= 15 is 0 Å². The molecule has 0 spiro atoms. The molecule has 0 aliphatic carbocycles. The molecule has 1 aliphatic heterocycles. The summed E-state index contributed by atoms with van der Waals surface area (Å²) in [5.41, 5.74) is 7.89. The summed E-state index contributed by atoms with van der Waals surface area (Å²) in [5, 5.41) is 3.65. The Bertz CT molecular complexity index is 401. The lowest BCUT2D eigenvalue weighted by Crippen LogP contribution is -2.40. The molecule has 0 radical (unpaired) electrons. The van der Waals surface area contributed by atoms with Crippen LogP contribution in [-0.4, -0.2) is 35.2 Å². The van der Waals surface area contributed by atoms with Crippen LogP contribution in [0.4, 0.5) is 4.79 Å². The summed E-state index contributed by atoms with van der Waals surface area (Å²) in [6, 6.07) is -0.332. The molecule has 0 aromatic carbocycles. The van der Waals surface area contributed by atoms with Crippen molar-refractivity contribution in [1.29, 1.82) is 0 Å². The van der Waals surface area contributed by atoms with Crippen molar-refractivity contribution in [2.45, 2.75) is 51.3 Å². The van der Waals surface area contributed by atoms with Gasteiger partial charge < -0.3 is 9.64 Å². The fourth-order valence-corrected chi connectivity index (χ4v) is 1.92. The third-order valence-electron chi connectivity index (χ3n) is 2.59. The highest BCUT2D eigenvalue weighted by Crippen LogP contribution is 2.25. The van der Waals surface area contributed by atoms with Crippen LogP contribution in [0, 0.1) is 12.3 Å². The van der Waals surface area contributed by atoms with Gasteiger partial charge in [0.25, 0.3) is 0 Å². The van der Waals surface area contributed by atoms with Gasteiger partial charge in [0.15, 0.2) is 0 Å². The molecule has 0 unspecified atom stereocenters. The first-order chi connectivity index (χ1) is 8.37. The zero-order chi connectivity index (χ0) is 13.8. The second kappa shape index (κ2) is 5.65. The van der Waals surface area contributed by atoms with E-state index in [0.717, 1.165) is 0 Å². The molecule has 1 amide bonds. The van der Waals surface area contributed by atoms with Crippen LogP contribution in [0.3, 0.4) is 0 Å². The highest BCUT2D eigenvalue weighted by molar-refractivity contribution is 5.69. The third-order valence-corrected chi connectivity index (χ3v) is 2.59. The van der Waals surface area contributed by atoms with Gasteiger partial charge >= 0.3 is 6.09 Å². The Hall–Kier alpha value is -1.86. The van der Waals surface area contributed by atoms with Crippen LogP contribution in [0.15, 0.2) is 5.11 Å². The Balaban J connectivity index is 2.75. The average Bonchev–Trinajstić information content (AvgIpc) is 2.60. The number of rotatable bonds is 2. The van der Waals surface area contributed by atoms with E-state index in [9.17, 15) is 4.79 Å². The van der Waals surface area contributed by atoms with Crippen molar-refractivity contribution in [2.75, 3.05) is 6.54 Å². The highest BCUT2D eigenvalue weighted by Gasteiger charge is 2.36. The normalized spacial score (nSPS) is 23.1. The SMILES string of the molecule is C#CC[C@H]1C[C@@H](N=[N+]=[N-])CN1C(=O)OC(C)(C)C. The first-order valence-corrected chi connectivity index (χ1v) is 5.84. The number of ether oxygens (including phenoxy) is 1. The summed E-state index contributed by atoms with van der Waals surface area (Å²) in [5.74, 6) is 2.54. The Kier molecular flexibility index (Phi) is 4.46. The zero-order valence-electron chi connectivity index (χ0n) is 11.0. The van der Waals surface area contributed by atoms with Gasteiger partial charge in [0.2, 0.25) is 0 Å². The van der Waals surface area contributed by atoms with Gasteiger partial charge in [-0.15, -0.1) is 12.3 Å². The van der Waals surface area contributed by atoms with Crippen molar-refractivity contribution in [3.8, 4) is 12.3 Å². The van der Waals surface area contributed by atoms with Crippen LogP contribution in [-0.2, 0) is 4.74 Å². The van der Waals surface area contributed by atoms with Gasteiger partial charge in [-0.3, -0.25) is 0 Å². The Morgan fingerprint density at radius 3 is 2.83 bits per heavy atom. The summed E-state index contributed by atoms with van der Waals surface area (Å²) in [4.78, 5) is 16.3. The molecule has 1 saturated heterocycles. The number of carbonyl (C=O) groups excluding carboxylic acids is 1. The molecule has 18 heavy (non-hydrogen) atoms. The molecule has 2 atom stereocenters. The predicted molar refractivity (Wildman–Crippen MR) is 67.7 cm³/mol. The van der Waals surface area contributed by atoms with E-state index in [0.29, 0.717) is 19.4 Å². The minimum absolute atomic E-state index is 0.111. The molecule has 0 aromatic rings. The van der Waals surface area contributed by atoms with E-state index in [1.807, 2.05) is 20.8 Å². The maximum Gasteiger partial charge on any atom is 0.410 e. The van der Waals surface area contributed by atoms with Gasteiger partial charge in [0.05, 0.1) is 6.04 Å². The summed E-state index contributed by atoms with van der Waals surface area (Å²) in [6.45, 7) is 5.79. The van der Waals surface area contributed by atoms with E-state index < -0.39 is 11.7 Å². The van der Waals surface area contributed by atoms with Crippen molar-refractivity contribution < 1.29 is 9.53 Å². The number of carbonyl (C=O) groups is 1. The molecular weight excluding hydrogens is 232 g/mol. The van der Waals surface area contributed by atoms with E-state index in [2.05, 4.69) is 15.9 Å². The molecule has 1 aliphatic rings. The standard InChI is InChI=1S/C12H18N4O2/c1-5-6-10-7-9(14-15-13)8-16(10)11(17)18-12(2,3)4/h1,9-10H,6-8H2,2-4H3/t9-,10+/m1/s1. The highest BCUT2D eigenvalue weighted by atomic mass is 16.6. The van der Waals surface area contributed by atoms with Crippen molar-refractivity contribution in [1.82, 2.24) is 4.90 Å². The fraction of sp³-hybridized carbons (Fsp3) is 0.750. The number of hydrogen-bond donors (Lipinski definition) is 0. The fourth-order valence-electron chi connectivity index (χ4n) is 1.92. The Labute approximate surface area is 107 Å². The smallest absolute Gasteiger partial charge is 0.410 e. The molecular formula is C12H18N4O2. The Morgan fingerprint density at radius 1 is 1.67 bits per heavy atom. The monoisotopic (exact) mass is 250 g/mol.